The molecule has 0 bridgehead atoms. The van der Waals surface area contributed by atoms with E-state index in [1.807, 2.05) is 26.0 Å². The Morgan fingerprint density at radius 2 is 2.11 bits per heavy atom. The summed E-state index contributed by atoms with van der Waals surface area (Å²) < 4.78 is 5.55. The van der Waals surface area contributed by atoms with Crippen LogP contribution in [0.4, 0.5) is 0 Å². The molecule has 4 nitrogen and oxygen atoms in total. The molecule has 2 N–H and O–H groups in total. The maximum Gasteiger partial charge on any atom is 0.251 e. The molecule has 1 aromatic carbocycles. The van der Waals surface area contributed by atoms with Crippen LogP contribution in [0.5, 0.6) is 5.75 Å². The van der Waals surface area contributed by atoms with Gasteiger partial charge in [0.1, 0.15) is 5.75 Å². The van der Waals surface area contributed by atoms with Gasteiger partial charge >= 0.3 is 0 Å². The number of hydrogen-bond donors (Lipinski definition) is 2. The van der Waals surface area contributed by atoms with Crippen LogP contribution < -0.4 is 10.1 Å². The van der Waals surface area contributed by atoms with Crippen LogP contribution in [0, 0.1) is 0 Å². The Bertz CT molecular complexity index is 391. The highest BCUT2D eigenvalue weighted by atomic mass is 16.5. The molecule has 0 radical (unpaired) electrons. The molecule has 1 aromatic rings. The maximum atomic E-state index is 11.9. The van der Waals surface area contributed by atoms with Crippen molar-refractivity contribution < 1.29 is 14.6 Å². The summed E-state index contributed by atoms with van der Waals surface area (Å²) in [6, 6.07) is 7.19. The molecule has 0 saturated heterocycles. The lowest BCUT2D eigenvalue weighted by atomic mass is 10.2. The average Bonchev–Trinajstić information content (AvgIpc) is 2.38. The Morgan fingerprint density at radius 3 is 2.79 bits per heavy atom. The minimum Gasteiger partial charge on any atom is -0.491 e. The molecule has 1 rings (SSSR count). The molecular weight excluding hydrogens is 242 g/mol. The van der Waals surface area contributed by atoms with Gasteiger partial charge in [-0.2, -0.15) is 0 Å². The quantitative estimate of drug-likeness (QED) is 0.709. The zero-order chi connectivity index (χ0) is 14.1. The van der Waals surface area contributed by atoms with Crippen molar-refractivity contribution in [3.63, 3.8) is 0 Å². The maximum absolute atomic E-state index is 11.9. The summed E-state index contributed by atoms with van der Waals surface area (Å²) in [4.78, 5) is 11.9. The van der Waals surface area contributed by atoms with E-state index in [2.05, 4.69) is 5.32 Å². The third-order valence-corrected chi connectivity index (χ3v) is 2.59. The van der Waals surface area contributed by atoms with Crippen molar-refractivity contribution in [3.8, 4) is 5.75 Å². The third kappa shape index (κ3) is 6.25. The molecule has 0 heterocycles. The summed E-state index contributed by atoms with van der Waals surface area (Å²) in [6.45, 7) is 4.75. The van der Waals surface area contributed by atoms with Crippen molar-refractivity contribution >= 4 is 5.91 Å². The molecule has 4 heteroatoms. The summed E-state index contributed by atoms with van der Waals surface area (Å²) in [5, 5.41) is 11.5. The Kier molecular flexibility index (Phi) is 6.97. The fourth-order valence-electron chi connectivity index (χ4n) is 1.70. The smallest absolute Gasteiger partial charge is 0.251 e. The first kappa shape index (κ1) is 15.5. The molecule has 0 unspecified atom stereocenters. The number of benzene rings is 1. The number of rotatable bonds is 8. The number of aliphatic hydroxyl groups excluding tert-OH is 1. The normalized spacial score (nSPS) is 10.5. The zero-order valence-corrected chi connectivity index (χ0v) is 11.7. The molecule has 0 aliphatic heterocycles. The number of amides is 1. The standard InChI is InChI=1S/C15H23NO3/c1-12(2)19-14-8-6-7-13(11-14)15(18)16-9-4-3-5-10-17/h6-8,11-12,17H,3-5,9-10H2,1-2H3,(H,16,18). The van der Waals surface area contributed by atoms with Crippen LogP contribution in [0.25, 0.3) is 0 Å². The van der Waals surface area contributed by atoms with Crippen molar-refractivity contribution in [1.29, 1.82) is 0 Å². The molecule has 0 aromatic heterocycles. The van der Waals surface area contributed by atoms with Gasteiger partial charge in [0.15, 0.2) is 0 Å². The lowest BCUT2D eigenvalue weighted by Gasteiger charge is -2.11. The van der Waals surface area contributed by atoms with E-state index >= 15 is 0 Å². The molecule has 0 aliphatic carbocycles. The Labute approximate surface area is 114 Å². The van der Waals surface area contributed by atoms with Gasteiger partial charge in [0.2, 0.25) is 0 Å². The zero-order valence-electron chi connectivity index (χ0n) is 11.7. The van der Waals surface area contributed by atoms with E-state index in [4.69, 9.17) is 9.84 Å². The number of carbonyl (C=O) groups excluding carboxylic acids is 1. The number of nitrogens with one attached hydrogen (secondary N) is 1. The number of carbonyl (C=O) groups is 1. The first-order valence-electron chi connectivity index (χ1n) is 6.79. The fourth-order valence-corrected chi connectivity index (χ4v) is 1.70. The highest BCUT2D eigenvalue weighted by Crippen LogP contribution is 2.14. The van der Waals surface area contributed by atoms with Crippen LogP contribution in [0.15, 0.2) is 24.3 Å². The Balaban J connectivity index is 2.43. The van der Waals surface area contributed by atoms with Gasteiger partial charge in [-0.15, -0.1) is 0 Å². The number of unbranched alkanes of at least 4 members (excludes halogenated alkanes) is 2. The first-order valence-corrected chi connectivity index (χ1v) is 6.79. The lowest BCUT2D eigenvalue weighted by molar-refractivity contribution is 0.0952. The van der Waals surface area contributed by atoms with Gasteiger partial charge in [-0.05, 0) is 51.3 Å². The molecule has 19 heavy (non-hydrogen) atoms. The van der Waals surface area contributed by atoms with E-state index in [9.17, 15) is 4.79 Å². The Hall–Kier alpha value is -1.55. The van der Waals surface area contributed by atoms with Crippen molar-refractivity contribution in [2.75, 3.05) is 13.2 Å². The van der Waals surface area contributed by atoms with E-state index < -0.39 is 0 Å². The van der Waals surface area contributed by atoms with Crippen LogP contribution in [-0.2, 0) is 0 Å². The molecule has 106 valence electrons. The van der Waals surface area contributed by atoms with Gasteiger partial charge in [-0.25, -0.2) is 0 Å². The van der Waals surface area contributed by atoms with E-state index in [1.165, 1.54) is 0 Å². The number of ether oxygens (including phenoxy) is 1. The minimum absolute atomic E-state index is 0.0850. The lowest BCUT2D eigenvalue weighted by Crippen LogP contribution is -2.24. The monoisotopic (exact) mass is 265 g/mol. The summed E-state index contributed by atoms with van der Waals surface area (Å²) in [5.41, 5.74) is 0.611. The van der Waals surface area contributed by atoms with Crippen molar-refractivity contribution in [1.82, 2.24) is 5.32 Å². The summed E-state index contributed by atoms with van der Waals surface area (Å²) in [5.74, 6) is 0.626. The second-order valence-corrected chi connectivity index (χ2v) is 4.73. The number of hydrogen-bond acceptors (Lipinski definition) is 3. The molecular formula is C15H23NO3. The summed E-state index contributed by atoms with van der Waals surface area (Å²) in [7, 11) is 0. The summed E-state index contributed by atoms with van der Waals surface area (Å²) >= 11 is 0. The molecule has 0 fully saturated rings. The van der Waals surface area contributed by atoms with Crippen molar-refractivity contribution in [2.45, 2.75) is 39.2 Å². The SMILES string of the molecule is CC(C)Oc1cccc(C(=O)NCCCCCO)c1. The highest BCUT2D eigenvalue weighted by Gasteiger charge is 2.06. The predicted octanol–water partition coefficient (Wildman–Crippen LogP) is 2.37. The van der Waals surface area contributed by atoms with E-state index in [0.717, 1.165) is 19.3 Å². The van der Waals surface area contributed by atoms with Crippen LogP contribution in [-0.4, -0.2) is 30.3 Å². The highest BCUT2D eigenvalue weighted by molar-refractivity contribution is 5.94. The number of aliphatic hydroxyl groups is 1. The molecule has 0 spiro atoms. The minimum atomic E-state index is -0.0850. The molecule has 0 saturated carbocycles. The van der Waals surface area contributed by atoms with Crippen LogP contribution >= 0.6 is 0 Å². The largest absolute Gasteiger partial charge is 0.491 e. The molecule has 0 atom stereocenters. The third-order valence-electron chi connectivity index (χ3n) is 2.59. The van der Waals surface area contributed by atoms with Gasteiger partial charge < -0.3 is 15.2 Å². The molecule has 1 amide bonds. The van der Waals surface area contributed by atoms with E-state index in [1.54, 1.807) is 12.1 Å². The van der Waals surface area contributed by atoms with E-state index in [-0.39, 0.29) is 18.6 Å². The topological polar surface area (TPSA) is 58.6 Å². The van der Waals surface area contributed by atoms with Crippen LogP contribution in [0.1, 0.15) is 43.5 Å². The predicted molar refractivity (Wildman–Crippen MR) is 75.5 cm³/mol. The second kappa shape index (κ2) is 8.53. The van der Waals surface area contributed by atoms with Crippen molar-refractivity contribution in [2.24, 2.45) is 0 Å². The van der Waals surface area contributed by atoms with Gasteiger partial charge in [-0.1, -0.05) is 6.07 Å². The van der Waals surface area contributed by atoms with Gasteiger partial charge in [-0.3, -0.25) is 4.79 Å². The molecule has 0 aliphatic rings. The fraction of sp³-hybridized carbons (Fsp3) is 0.533. The Morgan fingerprint density at radius 1 is 1.32 bits per heavy atom. The van der Waals surface area contributed by atoms with Crippen LogP contribution in [0.3, 0.4) is 0 Å². The summed E-state index contributed by atoms with van der Waals surface area (Å²) in [6.07, 6.45) is 2.69. The van der Waals surface area contributed by atoms with Crippen molar-refractivity contribution in [3.05, 3.63) is 29.8 Å². The first-order chi connectivity index (χ1) is 9.13. The van der Waals surface area contributed by atoms with Gasteiger partial charge in [0.25, 0.3) is 5.91 Å². The van der Waals surface area contributed by atoms with E-state index in [0.29, 0.717) is 17.9 Å². The second-order valence-electron chi connectivity index (χ2n) is 4.73. The van der Waals surface area contributed by atoms with Gasteiger partial charge in [0.05, 0.1) is 6.10 Å². The van der Waals surface area contributed by atoms with Gasteiger partial charge in [0, 0.05) is 18.7 Å². The average molecular weight is 265 g/mol. The van der Waals surface area contributed by atoms with Crippen LogP contribution in [0.2, 0.25) is 0 Å².